The highest BCUT2D eigenvalue weighted by Crippen LogP contribution is 2.31. The number of thiazole rings is 1. The highest BCUT2D eigenvalue weighted by molar-refractivity contribution is 7.07. The number of rotatable bonds is 5. The van der Waals surface area contributed by atoms with E-state index in [1.54, 1.807) is 43.9 Å². The summed E-state index contributed by atoms with van der Waals surface area (Å²) >= 11 is 1.27. The van der Waals surface area contributed by atoms with Crippen molar-refractivity contribution in [2.45, 2.75) is 13.0 Å². The fraction of sp³-hybridized carbons (Fsp3) is 0.208. The molecule has 0 aliphatic carbocycles. The molecular weight excluding hydrogens is 428 g/mol. The summed E-state index contributed by atoms with van der Waals surface area (Å²) in [6.45, 7) is 1.75. The Labute approximate surface area is 188 Å². The Morgan fingerprint density at radius 1 is 1.06 bits per heavy atom. The molecule has 0 amide bonds. The molecule has 7 nitrogen and oxygen atoms in total. The van der Waals surface area contributed by atoms with E-state index in [-0.39, 0.29) is 5.56 Å². The molecule has 0 saturated carbocycles. The molecule has 32 heavy (non-hydrogen) atoms. The van der Waals surface area contributed by atoms with E-state index in [4.69, 9.17) is 14.2 Å². The van der Waals surface area contributed by atoms with Crippen molar-refractivity contribution in [3.8, 4) is 11.5 Å². The summed E-state index contributed by atoms with van der Waals surface area (Å²) < 4.78 is 17.7. The second-order valence-corrected chi connectivity index (χ2v) is 8.10. The molecule has 2 heterocycles. The predicted molar refractivity (Wildman–Crippen MR) is 122 cm³/mol. The van der Waals surface area contributed by atoms with Crippen LogP contribution in [0.25, 0.3) is 6.08 Å². The molecule has 0 saturated heterocycles. The van der Waals surface area contributed by atoms with E-state index in [9.17, 15) is 9.59 Å². The third-order valence-electron chi connectivity index (χ3n) is 5.28. The Hall–Kier alpha value is -3.65. The first-order chi connectivity index (χ1) is 15.5. The molecule has 0 unspecified atom stereocenters. The third kappa shape index (κ3) is 3.73. The molecule has 1 aromatic heterocycles. The number of carbonyl (C=O) groups excluding carboxylic acids is 1. The van der Waals surface area contributed by atoms with E-state index in [0.717, 1.165) is 11.1 Å². The lowest BCUT2D eigenvalue weighted by atomic mass is 9.96. The first-order valence-electron chi connectivity index (χ1n) is 9.86. The monoisotopic (exact) mass is 450 g/mol. The van der Waals surface area contributed by atoms with Crippen molar-refractivity contribution in [3.63, 3.8) is 0 Å². The molecule has 164 valence electrons. The molecular formula is C24H22N2O5S. The largest absolute Gasteiger partial charge is 0.497 e. The molecule has 0 fully saturated rings. The van der Waals surface area contributed by atoms with Gasteiger partial charge in [-0.15, -0.1) is 0 Å². The van der Waals surface area contributed by atoms with Gasteiger partial charge < -0.3 is 14.2 Å². The van der Waals surface area contributed by atoms with Gasteiger partial charge >= 0.3 is 5.97 Å². The lowest BCUT2D eigenvalue weighted by molar-refractivity contribution is -0.136. The van der Waals surface area contributed by atoms with Crippen molar-refractivity contribution < 1.29 is 19.0 Å². The number of fused-ring (bicyclic) bond motifs is 1. The minimum Gasteiger partial charge on any atom is -0.497 e. The molecule has 1 aliphatic rings. The fourth-order valence-corrected chi connectivity index (χ4v) is 4.76. The number of allylic oxidation sites excluding steroid dienone is 1. The maximum Gasteiger partial charge on any atom is 0.338 e. The molecule has 0 spiro atoms. The van der Waals surface area contributed by atoms with Gasteiger partial charge in [-0.25, -0.2) is 9.79 Å². The van der Waals surface area contributed by atoms with Crippen LogP contribution < -0.4 is 24.4 Å². The van der Waals surface area contributed by atoms with Gasteiger partial charge in [-0.1, -0.05) is 41.7 Å². The molecule has 3 aromatic rings. The van der Waals surface area contributed by atoms with Gasteiger partial charge in [0.2, 0.25) is 0 Å². The zero-order valence-electron chi connectivity index (χ0n) is 18.1. The summed E-state index contributed by atoms with van der Waals surface area (Å²) in [5.74, 6) is 0.820. The predicted octanol–water partition coefficient (Wildman–Crippen LogP) is 2.43. The number of aromatic nitrogens is 1. The standard InChI is InChI=1S/C24H22N2O5S/c1-14-20(23(28)31-4)21(15-9-11-17(29-2)12-10-15)26-22(27)19(32-24(26)25-14)13-16-7-5-6-8-18(16)30-3/h5-13,21H,1-4H3/b19-13-/t21-/m1/s1. The third-order valence-corrected chi connectivity index (χ3v) is 6.27. The number of nitrogens with zero attached hydrogens (tertiary/aromatic N) is 2. The van der Waals surface area contributed by atoms with E-state index in [0.29, 0.717) is 32.1 Å². The number of ether oxygens (including phenoxy) is 3. The molecule has 8 heteroatoms. The first kappa shape index (κ1) is 21.6. The van der Waals surface area contributed by atoms with Gasteiger partial charge in [0, 0.05) is 5.56 Å². The highest BCUT2D eigenvalue weighted by atomic mass is 32.1. The number of methoxy groups -OCH3 is 3. The maximum atomic E-state index is 13.5. The number of hydrogen-bond donors (Lipinski definition) is 0. The van der Waals surface area contributed by atoms with Crippen LogP contribution in [0.4, 0.5) is 0 Å². The number of benzene rings is 2. The second kappa shape index (κ2) is 8.84. The van der Waals surface area contributed by atoms with E-state index in [2.05, 4.69) is 4.99 Å². The fourth-order valence-electron chi connectivity index (χ4n) is 3.72. The molecule has 1 aliphatic heterocycles. The van der Waals surface area contributed by atoms with E-state index in [1.807, 2.05) is 36.4 Å². The number of para-hydroxylation sites is 1. The second-order valence-electron chi connectivity index (χ2n) is 7.09. The summed E-state index contributed by atoms with van der Waals surface area (Å²) in [6, 6.07) is 14.1. The van der Waals surface area contributed by atoms with Crippen molar-refractivity contribution >= 4 is 23.4 Å². The van der Waals surface area contributed by atoms with Gasteiger partial charge in [-0.05, 0) is 36.8 Å². The van der Waals surface area contributed by atoms with Gasteiger partial charge in [-0.2, -0.15) is 0 Å². The zero-order chi connectivity index (χ0) is 22.8. The Morgan fingerprint density at radius 2 is 1.78 bits per heavy atom. The van der Waals surface area contributed by atoms with Crippen LogP contribution in [0, 0.1) is 0 Å². The van der Waals surface area contributed by atoms with E-state index in [1.165, 1.54) is 18.4 Å². The van der Waals surface area contributed by atoms with E-state index >= 15 is 0 Å². The van der Waals surface area contributed by atoms with E-state index < -0.39 is 12.0 Å². The van der Waals surface area contributed by atoms with Crippen LogP contribution in [-0.4, -0.2) is 31.9 Å². The van der Waals surface area contributed by atoms with Gasteiger partial charge in [0.05, 0.1) is 43.2 Å². The highest BCUT2D eigenvalue weighted by Gasteiger charge is 2.33. The summed E-state index contributed by atoms with van der Waals surface area (Å²) in [4.78, 5) is 31.3. The van der Waals surface area contributed by atoms with Gasteiger partial charge in [0.15, 0.2) is 4.80 Å². The summed E-state index contributed by atoms with van der Waals surface area (Å²) in [5.41, 5.74) is 2.14. The Kier molecular flexibility index (Phi) is 5.96. The minimum absolute atomic E-state index is 0.241. The molecule has 4 rings (SSSR count). The van der Waals surface area contributed by atoms with Crippen LogP contribution >= 0.6 is 11.3 Å². The van der Waals surface area contributed by atoms with Gasteiger partial charge in [0.1, 0.15) is 11.5 Å². The normalized spacial score (nSPS) is 15.8. The van der Waals surface area contributed by atoms with Crippen LogP contribution in [-0.2, 0) is 9.53 Å². The lowest BCUT2D eigenvalue weighted by Crippen LogP contribution is -2.39. The Morgan fingerprint density at radius 3 is 2.44 bits per heavy atom. The number of esters is 1. The Balaban J connectivity index is 1.97. The summed E-state index contributed by atoms with van der Waals surface area (Å²) in [6.07, 6.45) is 1.78. The van der Waals surface area contributed by atoms with Crippen LogP contribution in [0.15, 0.2) is 69.6 Å². The van der Waals surface area contributed by atoms with Crippen molar-refractivity contribution in [3.05, 3.63) is 90.6 Å². The molecule has 0 N–H and O–H groups in total. The van der Waals surface area contributed by atoms with Crippen molar-refractivity contribution in [1.82, 2.24) is 4.57 Å². The molecule has 1 atom stereocenters. The minimum atomic E-state index is -0.663. The van der Waals surface area contributed by atoms with Crippen molar-refractivity contribution in [1.29, 1.82) is 0 Å². The topological polar surface area (TPSA) is 79.1 Å². The lowest BCUT2D eigenvalue weighted by Gasteiger charge is -2.24. The van der Waals surface area contributed by atoms with Crippen LogP contribution in [0.5, 0.6) is 11.5 Å². The van der Waals surface area contributed by atoms with Crippen molar-refractivity contribution in [2.24, 2.45) is 4.99 Å². The molecule has 2 aromatic carbocycles. The number of hydrogen-bond acceptors (Lipinski definition) is 7. The van der Waals surface area contributed by atoms with Crippen molar-refractivity contribution in [2.75, 3.05) is 21.3 Å². The summed E-state index contributed by atoms with van der Waals surface area (Å²) in [7, 11) is 4.49. The van der Waals surface area contributed by atoms with Gasteiger partial charge in [0.25, 0.3) is 5.56 Å². The summed E-state index contributed by atoms with van der Waals surface area (Å²) in [5, 5.41) is 0. The smallest absolute Gasteiger partial charge is 0.338 e. The van der Waals surface area contributed by atoms with Gasteiger partial charge in [-0.3, -0.25) is 9.36 Å². The van der Waals surface area contributed by atoms with Crippen LogP contribution in [0.2, 0.25) is 0 Å². The molecule has 0 radical (unpaired) electrons. The maximum absolute atomic E-state index is 13.5. The van der Waals surface area contributed by atoms with Crippen LogP contribution in [0.1, 0.15) is 24.1 Å². The van der Waals surface area contributed by atoms with Crippen LogP contribution in [0.3, 0.4) is 0 Å². The zero-order valence-corrected chi connectivity index (χ0v) is 18.9. The SMILES string of the molecule is COC(=O)C1=C(C)N=c2s/c(=C\c3ccccc3OC)c(=O)n2[C@@H]1c1ccc(OC)cc1. The Bertz CT molecular complexity index is 1380. The number of carbonyl (C=O) groups is 1. The average Bonchev–Trinajstić information content (AvgIpc) is 3.12. The average molecular weight is 451 g/mol. The molecule has 0 bridgehead atoms. The quantitative estimate of drug-likeness (QED) is 0.558. The first-order valence-corrected chi connectivity index (χ1v) is 10.7.